The van der Waals surface area contributed by atoms with E-state index in [1.807, 2.05) is 0 Å². The van der Waals surface area contributed by atoms with Gasteiger partial charge in [0.1, 0.15) is 6.10 Å². The number of esters is 1. The van der Waals surface area contributed by atoms with Gasteiger partial charge in [-0.15, -0.1) is 0 Å². The van der Waals surface area contributed by atoms with Crippen LogP contribution in [0.1, 0.15) is 168 Å². The molecule has 0 aromatic carbocycles. The molecule has 4 nitrogen and oxygen atoms in total. The Labute approximate surface area is 303 Å². The molecule has 0 aromatic heterocycles. The molecule has 0 saturated carbocycles. The summed E-state index contributed by atoms with van der Waals surface area (Å²) in [6.07, 6.45) is 57.8. The molecule has 0 bridgehead atoms. The number of hydrogen-bond donors (Lipinski definition) is 1. The molecule has 1 N–H and O–H groups in total. The Balaban J connectivity index is 3.56. The quantitative estimate of drug-likeness (QED) is 0.0406. The van der Waals surface area contributed by atoms with Gasteiger partial charge in [-0.3, -0.25) is 4.79 Å². The summed E-state index contributed by atoms with van der Waals surface area (Å²) >= 11 is 0. The van der Waals surface area contributed by atoms with Gasteiger partial charge >= 0.3 is 5.97 Å². The summed E-state index contributed by atoms with van der Waals surface area (Å²) in [5.74, 6) is -0.215. The average molecular weight is 681 g/mol. The maximum absolute atomic E-state index is 12.1. The highest BCUT2D eigenvalue weighted by atomic mass is 16.6. The minimum atomic E-state index is -0.550. The molecule has 0 heterocycles. The van der Waals surface area contributed by atoms with Gasteiger partial charge in [-0.25, -0.2) is 0 Å². The number of hydrogen-bond acceptors (Lipinski definition) is 4. The first kappa shape index (κ1) is 46.6. The summed E-state index contributed by atoms with van der Waals surface area (Å²) in [5.41, 5.74) is 0. The van der Waals surface area contributed by atoms with E-state index in [2.05, 4.69) is 98.9 Å². The number of unbranched alkanes of at least 4 members (excludes halogenated alkanes) is 14. The van der Waals surface area contributed by atoms with Crippen molar-refractivity contribution in [1.82, 2.24) is 0 Å². The van der Waals surface area contributed by atoms with Gasteiger partial charge in [-0.2, -0.15) is 0 Å². The third-order valence-electron chi connectivity index (χ3n) is 8.23. The summed E-state index contributed by atoms with van der Waals surface area (Å²) in [7, 11) is 0. The van der Waals surface area contributed by atoms with Gasteiger partial charge in [0.2, 0.25) is 0 Å². The third-order valence-corrected chi connectivity index (χ3v) is 8.23. The Morgan fingerprint density at radius 3 is 1.39 bits per heavy atom. The molecule has 0 aliphatic heterocycles. The molecule has 280 valence electrons. The fourth-order valence-electron chi connectivity index (χ4n) is 5.25. The van der Waals surface area contributed by atoms with Gasteiger partial charge in [-0.1, -0.05) is 176 Å². The Morgan fingerprint density at radius 2 is 0.918 bits per heavy atom. The van der Waals surface area contributed by atoms with Crippen LogP contribution in [0.15, 0.2) is 85.1 Å². The normalized spacial score (nSPS) is 13.3. The topological polar surface area (TPSA) is 55.8 Å². The lowest BCUT2D eigenvalue weighted by Gasteiger charge is -2.15. The van der Waals surface area contributed by atoms with E-state index in [1.54, 1.807) is 0 Å². The number of allylic oxidation sites excluding steroid dienone is 14. The Bertz CT molecular complexity index is 892. The van der Waals surface area contributed by atoms with E-state index in [-0.39, 0.29) is 19.2 Å². The predicted molar refractivity (Wildman–Crippen MR) is 214 cm³/mol. The zero-order valence-electron chi connectivity index (χ0n) is 31.9. The van der Waals surface area contributed by atoms with E-state index in [0.717, 1.165) is 77.0 Å². The smallest absolute Gasteiger partial charge is 0.306 e. The van der Waals surface area contributed by atoms with Crippen molar-refractivity contribution >= 4 is 5.97 Å². The van der Waals surface area contributed by atoms with E-state index in [1.165, 1.54) is 70.6 Å². The molecule has 0 saturated heterocycles. The fourth-order valence-corrected chi connectivity index (χ4v) is 5.25. The maximum Gasteiger partial charge on any atom is 0.306 e. The average Bonchev–Trinajstić information content (AvgIpc) is 3.11. The minimum Gasteiger partial charge on any atom is -0.457 e. The van der Waals surface area contributed by atoms with Crippen LogP contribution in [0.25, 0.3) is 0 Å². The molecule has 0 spiro atoms. The molecule has 0 aromatic rings. The van der Waals surface area contributed by atoms with Gasteiger partial charge in [0, 0.05) is 13.0 Å². The standard InChI is InChI=1S/C45H76O4/c1-3-5-7-9-11-13-15-16-17-18-19-20-21-22-23-24-25-26-27-28-29-31-33-35-37-39-41-48-43-44(42-46)49-45(47)40-38-36-34-32-30-14-12-10-8-6-4-2/h5,7,11,13,16-17,19-20,22-23,25-26,28-29,44,46H,3-4,6,8-10,12,14-15,18,21,24,27,30-43H2,1-2H3/b7-5-,13-11-,17-16-,20-19-,23-22-,26-25-,29-28-. The van der Waals surface area contributed by atoms with Crippen molar-refractivity contribution < 1.29 is 19.4 Å². The molecule has 1 atom stereocenters. The molecule has 0 aliphatic rings. The molecule has 0 fully saturated rings. The monoisotopic (exact) mass is 681 g/mol. The number of aliphatic hydroxyl groups is 1. The van der Waals surface area contributed by atoms with Crippen molar-refractivity contribution in [3.8, 4) is 0 Å². The van der Waals surface area contributed by atoms with Gasteiger partial charge in [0.15, 0.2) is 0 Å². The number of aliphatic hydroxyl groups excluding tert-OH is 1. The fraction of sp³-hybridized carbons (Fsp3) is 0.667. The summed E-state index contributed by atoms with van der Waals surface area (Å²) in [6, 6.07) is 0. The molecule has 4 heteroatoms. The molecule has 0 amide bonds. The van der Waals surface area contributed by atoms with Crippen LogP contribution in [0, 0.1) is 0 Å². The second-order valence-electron chi connectivity index (χ2n) is 13.0. The zero-order chi connectivity index (χ0) is 35.6. The van der Waals surface area contributed by atoms with Crippen LogP contribution >= 0.6 is 0 Å². The van der Waals surface area contributed by atoms with Gasteiger partial charge < -0.3 is 14.6 Å². The lowest BCUT2D eigenvalue weighted by Crippen LogP contribution is -2.27. The van der Waals surface area contributed by atoms with Crippen molar-refractivity contribution in [1.29, 1.82) is 0 Å². The Morgan fingerprint density at radius 1 is 0.510 bits per heavy atom. The summed E-state index contributed by atoms with van der Waals surface area (Å²) in [4.78, 5) is 12.1. The van der Waals surface area contributed by atoms with Crippen molar-refractivity contribution in [2.75, 3.05) is 19.8 Å². The van der Waals surface area contributed by atoms with Gasteiger partial charge in [-0.05, 0) is 70.6 Å². The highest BCUT2D eigenvalue weighted by molar-refractivity contribution is 5.69. The maximum atomic E-state index is 12.1. The van der Waals surface area contributed by atoms with Crippen molar-refractivity contribution in [3.63, 3.8) is 0 Å². The van der Waals surface area contributed by atoms with Crippen LogP contribution < -0.4 is 0 Å². The van der Waals surface area contributed by atoms with Crippen LogP contribution in [0.2, 0.25) is 0 Å². The molecule has 49 heavy (non-hydrogen) atoms. The second kappa shape index (κ2) is 41.7. The molecule has 0 rings (SSSR count). The Hall–Kier alpha value is -2.43. The summed E-state index contributed by atoms with van der Waals surface area (Å²) in [5, 5.41) is 9.56. The zero-order valence-corrected chi connectivity index (χ0v) is 31.9. The van der Waals surface area contributed by atoms with Crippen LogP contribution in [-0.4, -0.2) is 37.0 Å². The van der Waals surface area contributed by atoms with Crippen molar-refractivity contribution in [3.05, 3.63) is 85.1 Å². The lowest BCUT2D eigenvalue weighted by molar-refractivity contribution is -0.154. The first-order valence-corrected chi connectivity index (χ1v) is 20.2. The molecule has 0 radical (unpaired) electrons. The minimum absolute atomic E-state index is 0.186. The summed E-state index contributed by atoms with van der Waals surface area (Å²) in [6.45, 7) is 5.15. The molecular formula is C45H76O4. The number of carbonyl (C=O) groups excluding carboxylic acids is 1. The van der Waals surface area contributed by atoms with Gasteiger partial charge in [0.05, 0.1) is 13.2 Å². The van der Waals surface area contributed by atoms with Crippen LogP contribution in [0.5, 0.6) is 0 Å². The predicted octanol–water partition coefficient (Wildman–Crippen LogP) is 13.2. The highest BCUT2D eigenvalue weighted by Gasteiger charge is 2.13. The first-order chi connectivity index (χ1) is 24.2. The van der Waals surface area contributed by atoms with Crippen LogP contribution in [0.4, 0.5) is 0 Å². The van der Waals surface area contributed by atoms with Crippen molar-refractivity contribution in [2.45, 2.75) is 174 Å². The van der Waals surface area contributed by atoms with E-state index in [4.69, 9.17) is 9.47 Å². The first-order valence-electron chi connectivity index (χ1n) is 20.2. The number of carbonyl (C=O) groups is 1. The molecule has 0 aliphatic carbocycles. The molecular weight excluding hydrogens is 604 g/mol. The largest absolute Gasteiger partial charge is 0.457 e. The highest BCUT2D eigenvalue weighted by Crippen LogP contribution is 2.13. The van der Waals surface area contributed by atoms with E-state index < -0.39 is 6.10 Å². The summed E-state index contributed by atoms with van der Waals surface area (Å²) < 4.78 is 11.1. The molecule has 1 unspecified atom stereocenters. The lowest BCUT2D eigenvalue weighted by atomic mass is 10.1. The SMILES string of the molecule is CC/C=C\C/C=C\C/C=C\C/C=C\C/C=C\C/C=C\C/C=C\CCCCCCOCC(CO)OC(=O)CCCCCCCCCCCCC. The van der Waals surface area contributed by atoms with Crippen LogP contribution in [0.3, 0.4) is 0 Å². The van der Waals surface area contributed by atoms with Crippen LogP contribution in [-0.2, 0) is 14.3 Å². The third kappa shape index (κ3) is 39.9. The van der Waals surface area contributed by atoms with E-state index >= 15 is 0 Å². The second-order valence-corrected chi connectivity index (χ2v) is 13.0. The van der Waals surface area contributed by atoms with Gasteiger partial charge in [0.25, 0.3) is 0 Å². The number of ether oxygens (including phenoxy) is 2. The van der Waals surface area contributed by atoms with E-state index in [9.17, 15) is 9.90 Å². The van der Waals surface area contributed by atoms with Crippen molar-refractivity contribution in [2.24, 2.45) is 0 Å². The van der Waals surface area contributed by atoms with E-state index in [0.29, 0.717) is 13.0 Å². The Kier molecular flexibility index (Phi) is 39.7. The number of rotatable bonds is 36.